The van der Waals surface area contributed by atoms with Crippen molar-refractivity contribution < 1.29 is 34.0 Å². The molecule has 0 radical (unpaired) electrons. The van der Waals surface area contributed by atoms with E-state index < -0.39 is 24.4 Å². The first kappa shape index (κ1) is 24.0. The zero-order chi connectivity index (χ0) is 25.2. The molecular weight excluding hydrogens is 468 g/mol. The summed E-state index contributed by atoms with van der Waals surface area (Å²) in [6, 6.07) is 12.3. The summed E-state index contributed by atoms with van der Waals surface area (Å²) >= 11 is 0. The van der Waals surface area contributed by atoms with Crippen molar-refractivity contribution in [1.29, 1.82) is 0 Å². The minimum atomic E-state index is -1.13. The van der Waals surface area contributed by atoms with E-state index in [9.17, 15) is 10.2 Å². The molecule has 0 unspecified atom stereocenters. The van der Waals surface area contributed by atoms with Crippen LogP contribution in [-0.2, 0) is 9.57 Å². The Hall–Kier alpha value is -3.67. The molecule has 3 aromatic rings. The van der Waals surface area contributed by atoms with Crippen LogP contribution in [0.5, 0.6) is 17.2 Å². The standard InChI is InChI=1S/C25H28N4O7/c1-14(19-11-29(28-26-19)20-12-34-13-21(20)30)36-27-23-18-10-17(33-3)7-8-22(18)35-25(24(23)31)15-5-4-6-16(9-15)32-2/h4-11,14,20-21,24-25,30-31H,12-13H2,1-3H3/b27-23+/t14-,20-,21-,24+,25-/m1/s1. The molecule has 0 amide bonds. The highest BCUT2D eigenvalue weighted by Gasteiger charge is 2.37. The van der Waals surface area contributed by atoms with Gasteiger partial charge in [0.25, 0.3) is 0 Å². The lowest BCUT2D eigenvalue weighted by atomic mass is 9.92. The third-order valence-corrected chi connectivity index (χ3v) is 6.32. The Bertz CT molecular complexity index is 1250. The molecule has 0 spiro atoms. The molecule has 2 aromatic carbocycles. The van der Waals surface area contributed by atoms with Gasteiger partial charge in [-0.25, -0.2) is 4.68 Å². The molecule has 1 aromatic heterocycles. The molecule has 0 saturated carbocycles. The van der Waals surface area contributed by atoms with Crippen LogP contribution in [0, 0.1) is 0 Å². The van der Waals surface area contributed by atoms with E-state index in [1.807, 2.05) is 24.3 Å². The maximum atomic E-state index is 11.3. The Morgan fingerprint density at radius 2 is 1.89 bits per heavy atom. The fourth-order valence-corrected chi connectivity index (χ4v) is 4.23. The summed E-state index contributed by atoms with van der Waals surface area (Å²) in [7, 11) is 3.14. The summed E-state index contributed by atoms with van der Waals surface area (Å²) in [6.07, 6.45) is -1.39. The largest absolute Gasteiger partial charge is 0.497 e. The second-order valence-electron chi connectivity index (χ2n) is 8.64. The molecule has 2 aliphatic heterocycles. The summed E-state index contributed by atoms with van der Waals surface area (Å²) in [6.45, 7) is 2.40. The van der Waals surface area contributed by atoms with Gasteiger partial charge in [0.2, 0.25) is 0 Å². The first-order valence-corrected chi connectivity index (χ1v) is 11.6. The Kier molecular flexibility index (Phi) is 6.77. The van der Waals surface area contributed by atoms with Crippen molar-refractivity contribution in [2.75, 3.05) is 27.4 Å². The molecule has 0 aliphatic carbocycles. The summed E-state index contributed by atoms with van der Waals surface area (Å²) in [5.41, 5.74) is 2.10. The normalized spacial score (nSPS) is 25.2. The predicted molar refractivity (Wildman–Crippen MR) is 127 cm³/mol. The quantitative estimate of drug-likeness (QED) is 0.473. The maximum Gasteiger partial charge on any atom is 0.169 e. The molecule has 5 atom stereocenters. The zero-order valence-electron chi connectivity index (χ0n) is 20.1. The molecule has 0 bridgehead atoms. The summed E-state index contributed by atoms with van der Waals surface area (Å²) in [5, 5.41) is 34.0. The molecule has 1 fully saturated rings. The lowest BCUT2D eigenvalue weighted by Crippen LogP contribution is -2.37. The van der Waals surface area contributed by atoms with Crippen LogP contribution in [0.1, 0.15) is 42.0 Å². The van der Waals surface area contributed by atoms with E-state index in [-0.39, 0.29) is 12.6 Å². The van der Waals surface area contributed by atoms with Gasteiger partial charge in [-0.3, -0.25) is 0 Å². The number of aliphatic hydroxyl groups excluding tert-OH is 2. The number of aliphatic hydroxyl groups is 2. The third-order valence-electron chi connectivity index (χ3n) is 6.32. The van der Waals surface area contributed by atoms with Gasteiger partial charge in [-0.1, -0.05) is 22.5 Å². The van der Waals surface area contributed by atoms with Crippen LogP contribution in [0.25, 0.3) is 0 Å². The van der Waals surface area contributed by atoms with Crippen LogP contribution >= 0.6 is 0 Å². The average molecular weight is 497 g/mol. The number of hydrogen-bond donors (Lipinski definition) is 2. The van der Waals surface area contributed by atoms with Crippen LogP contribution in [0.2, 0.25) is 0 Å². The number of oxime groups is 1. The van der Waals surface area contributed by atoms with Crippen molar-refractivity contribution in [2.45, 2.75) is 37.4 Å². The summed E-state index contributed by atoms with van der Waals surface area (Å²) in [5.74, 6) is 1.77. The number of aromatic nitrogens is 3. The second-order valence-corrected chi connectivity index (χ2v) is 8.64. The van der Waals surface area contributed by atoms with Gasteiger partial charge in [0, 0.05) is 5.56 Å². The summed E-state index contributed by atoms with van der Waals surface area (Å²) in [4.78, 5) is 5.80. The molecule has 1 saturated heterocycles. The maximum absolute atomic E-state index is 11.3. The van der Waals surface area contributed by atoms with Gasteiger partial charge >= 0.3 is 0 Å². The highest BCUT2D eigenvalue weighted by molar-refractivity contribution is 6.07. The van der Waals surface area contributed by atoms with Crippen LogP contribution < -0.4 is 14.2 Å². The van der Waals surface area contributed by atoms with Crippen molar-refractivity contribution in [2.24, 2.45) is 5.16 Å². The number of benzene rings is 2. The number of methoxy groups -OCH3 is 2. The number of fused-ring (bicyclic) bond motifs is 1. The van der Waals surface area contributed by atoms with E-state index in [2.05, 4.69) is 15.5 Å². The van der Waals surface area contributed by atoms with Crippen molar-refractivity contribution in [1.82, 2.24) is 15.0 Å². The number of hydrogen-bond acceptors (Lipinski definition) is 10. The van der Waals surface area contributed by atoms with Gasteiger partial charge in [-0.2, -0.15) is 0 Å². The van der Waals surface area contributed by atoms with Crippen LogP contribution in [0.15, 0.2) is 53.8 Å². The number of rotatable bonds is 7. The Morgan fingerprint density at radius 3 is 2.64 bits per heavy atom. The Balaban J connectivity index is 1.43. The molecule has 2 aliphatic rings. The molecule has 5 rings (SSSR count). The molecule has 2 N–H and O–H groups in total. The molecular formula is C25H28N4O7. The van der Waals surface area contributed by atoms with Crippen LogP contribution in [0.3, 0.4) is 0 Å². The first-order valence-electron chi connectivity index (χ1n) is 11.6. The number of ether oxygens (including phenoxy) is 4. The number of nitrogens with zero attached hydrogens (tertiary/aromatic N) is 4. The van der Waals surface area contributed by atoms with Crippen molar-refractivity contribution >= 4 is 5.71 Å². The third kappa shape index (κ3) is 4.60. The molecule has 36 heavy (non-hydrogen) atoms. The van der Waals surface area contributed by atoms with Gasteiger partial charge in [-0.15, -0.1) is 5.10 Å². The fourth-order valence-electron chi connectivity index (χ4n) is 4.23. The molecule has 11 heteroatoms. The van der Waals surface area contributed by atoms with E-state index in [0.717, 1.165) is 5.56 Å². The first-order chi connectivity index (χ1) is 17.5. The van der Waals surface area contributed by atoms with Gasteiger partial charge in [0.1, 0.15) is 46.9 Å². The smallest absolute Gasteiger partial charge is 0.169 e. The van der Waals surface area contributed by atoms with E-state index in [4.69, 9.17) is 23.8 Å². The minimum absolute atomic E-state index is 0.261. The van der Waals surface area contributed by atoms with E-state index in [0.29, 0.717) is 40.8 Å². The van der Waals surface area contributed by atoms with Gasteiger partial charge in [-0.05, 0) is 42.8 Å². The van der Waals surface area contributed by atoms with Gasteiger partial charge < -0.3 is 34.0 Å². The Labute approximate surface area is 207 Å². The Morgan fingerprint density at radius 1 is 1.08 bits per heavy atom. The monoisotopic (exact) mass is 496 g/mol. The molecule has 11 nitrogen and oxygen atoms in total. The van der Waals surface area contributed by atoms with Crippen molar-refractivity contribution in [3.05, 3.63) is 65.5 Å². The van der Waals surface area contributed by atoms with Crippen molar-refractivity contribution in [3.8, 4) is 17.2 Å². The lowest BCUT2D eigenvalue weighted by molar-refractivity contribution is 0.0474. The van der Waals surface area contributed by atoms with Gasteiger partial charge in [0.15, 0.2) is 12.2 Å². The highest BCUT2D eigenvalue weighted by Crippen LogP contribution is 2.38. The molecule has 190 valence electrons. The van der Waals surface area contributed by atoms with E-state index >= 15 is 0 Å². The fraction of sp³-hybridized carbons (Fsp3) is 0.400. The van der Waals surface area contributed by atoms with Crippen molar-refractivity contribution in [3.63, 3.8) is 0 Å². The van der Waals surface area contributed by atoms with Crippen LogP contribution in [-0.4, -0.2) is 70.6 Å². The van der Waals surface area contributed by atoms with E-state index in [1.54, 1.807) is 50.2 Å². The van der Waals surface area contributed by atoms with E-state index in [1.165, 1.54) is 0 Å². The second kappa shape index (κ2) is 10.1. The lowest BCUT2D eigenvalue weighted by Gasteiger charge is -2.32. The highest BCUT2D eigenvalue weighted by atomic mass is 16.6. The SMILES string of the molecule is COc1cccc([C@H]2Oc3ccc(OC)cc3/C(=N\O[C@H](C)c3cn([C@@H]4COC[C@H]4O)nn3)[C@@H]2O)c1. The van der Waals surface area contributed by atoms with Gasteiger partial charge in [0.05, 0.1) is 33.6 Å². The summed E-state index contributed by atoms with van der Waals surface area (Å²) < 4.78 is 23.7. The predicted octanol–water partition coefficient (Wildman–Crippen LogP) is 2.20. The topological polar surface area (TPSA) is 130 Å². The van der Waals surface area contributed by atoms with Crippen LogP contribution in [0.4, 0.5) is 0 Å². The molecule has 3 heterocycles. The zero-order valence-corrected chi connectivity index (χ0v) is 20.1. The minimum Gasteiger partial charge on any atom is -0.497 e. The average Bonchev–Trinajstić information content (AvgIpc) is 3.56.